The Morgan fingerprint density at radius 3 is 2.83 bits per heavy atom. The lowest BCUT2D eigenvalue weighted by Gasteiger charge is -2.09. The molecule has 0 bridgehead atoms. The Labute approximate surface area is 109 Å². The molecule has 1 N–H and O–H groups in total. The Balaban J connectivity index is 1.97. The number of rotatable bonds is 4. The van der Waals surface area contributed by atoms with Gasteiger partial charge in [0.15, 0.2) is 0 Å². The molecule has 1 aromatic heterocycles. The molecule has 94 valence electrons. The summed E-state index contributed by atoms with van der Waals surface area (Å²) in [7, 11) is 0. The lowest BCUT2D eigenvalue weighted by Crippen LogP contribution is -2.22. The molecule has 5 heteroatoms. The highest BCUT2D eigenvalue weighted by Gasteiger charge is 2.01. The van der Waals surface area contributed by atoms with Gasteiger partial charge in [0.1, 0.15) is 5.82 Å². The summed E-state index contributed by atoms with van der Waals surface area (Å²) in [5.41, 5.74) is 0.603. The molecule has 0 atom stereocenters. The van der Waals surface area contributed by atoms with E-state index in [4.69, 9.17) is 11.6 Å². The number of anilines is 1. The van der Waals surface area contributed by atoms with Gasteiger partial charge in [-0.1, -0.05) is 17.7 Å². The van der Waals surface area contributed by atoms with Crippen LogP contribution in [0.15, 0.2) is 47.4 Å². The van der Waals surface area contributed by atoms with Crippen molar-refractivity contribution < 1.29 is 4.39 Å². The molecule has 0 radical (unpaired) electrons. The van der Waals surface area contributed by atoms with Crippen LogP contribution < -0.4 is 10.9 Å². The van der Waals surface area contributed by atoms with E-state index in [9.17, 15) is 9.18 Å². The van der Waals surface area contributed by atoms with E-state index in [2.05, 4.69) is 5.32 Å². The summed E-state index contributed by atoms with van der Waals surface area (Å²) < 4.78 is 14.4. The molecule has 0 fully saturated rings. The maximum atomic E-state index is 12.8. The molecule has 1 aromatic carbocycles. The summed E-state index contributed by atoms with van der Waals surface area (Å²) in [4.78, 5) is 11.4. The smallest absolute Gasteiger partial charge is 0.250 e. The number of nitrogens with zero attached hydrogens (tertiary/aromatic N) is 1. The van der Waals surface area contributed by atoms with Crippen molar-refractivity contribution in [2.75, 3.05) is 11.9 Å². The SMILES string of the molecule is O=c1ccccn1CCNc1ccc(F)cc1Cl. The van der Waals surface area contributed by atoms with Crippen LogP contribution in [0.1, 0.15) is 0 Å². The van der Waals surface area contributed by atoms with Gasteiger partial charge in [0.2, 0.25) is 0 Å². The number of hydrogen-bond donors (Lipinski definition) is 1. The van der Waals surface area contributed by atoms with Crippen LogP contribution in [0, 0.1) is 5.82 Å². The van der Waals surface area contributed by atoms with Gasteiger partial charge >= 0.3 is 0 Å². The molecule has 18 heavy (non-hydrogen) atoms. The number of benzene rings is 1. The molecular weight excluding hydrogens is 255 g/mol. The molecule has 0 aliphatic heterocycles. The van der Waals surface area contributed by atoms with Crippen molar-refractivity contribution in [2.24, 2.45) is 0 Å². The van der Waals surface area contributed by atoms with Crippen LogP contribution in [0.25, 0.3) is 0 Å². The highest BCUT2D eigenvalue weighted by molar-refractivity contribution is 6.33. The first-order valence-electron chi connectivity index (χ1n) is 5.51. The molecule has 0 spiro atoms. The van der Waals surface area contributed by atoms with Crippen LogP contribution in [-0.2, 0) is 6.54 Å². The molecule has 3 nitrogen and oxygen atoms in total. The van der Waals surface area contributed by atoms with Gasteiger partial charge < -0.3 is 9.88 Å². The Morgan fingerprint density at radius 2 is 2.11 bits per heavy atom. The van der Waals surface area contributed by atoms with E-state index in [1.807, 2.05) is 0 Å². The topological polar surface area (TPSA) is 34.0 Å². The standard InChI is InChI=1S/C13H12ClFN2O/c14-11-9-10(15)4-5-12(11)16-6-8-17-7-2-1-3-13(17)18/h1-5,7,9,16H,6,8H2. The number of nitrogens with one attached hydrogen (secondary N) is 1. The average Bonchev–Trinajstić information content (AvgIpc) is 2.34. The Kier molecular flexibility index (Phi) is 3.99. The minimum Gasteiger partial charge on any atom is -0.382 e. The monoisotopic (exact) mass is 266 g/mol. The third-order valence-corrected chi connectivity index (χ3v) is 2.81. The second kappa shape index (κ2) is 5.69. The van der Waals surface area contributed by atoms with Crippen molar-refractivity contribution in [1.29, 1.82) is 0 Å². The predicted octanol–water partition coefficient (Wildman–Crippen LogP) is 2.75. The van der Waals surface area contributed by atoms with Gasteiger partial charge in [-0.3, -0.25) is 4.79 Å². The third kappa shape index (κ3) is 3.11. The van der Waals surface area contributed by atoms with Crippen molar-refractivity contribution in [1.82, 2.24) is 4.57 Å². The predicted molar refractivity (Wildman–Crippen MR) is 70.6 cm³/mol. The second-order valence-corrected chi connectivity index (χ2v) is 4.19. The van der Waals surface area contributed by atoms with Gasteiger partial charge in [0.25, 0.3) is 5.56 Å². The second-order valence-electron chi connectivity index (χ2n) is 3.78. The minimum absolute atomic E-state index is 0.0514. The van der Waals surface area contributed by atoms with Crippen molar-refractivity contribution in [3.05, 3.63) is 63.8 Å². The van der Waals surface area contributed by atoms with E-state index >= 15 is 0 Å². The van der Waals surface area contributed by atoms with Gasteiger partial charge in [0, 0.05) is 25.4 Å². The fourth-order valence-electron chi connectivity index (χ4n) is 1.59. The van der Waals surface area contributed by atoms with Crippen LogP contribution in [-0.4, -0.2) is 11.1 Å². The summed E-state index contributed by atoms with van der Waals surface area (Å²) in [5, 5.41) is 3.39. The first kappa shape index (κ1) is 12.6. The first-order valence-corrected chi connectivity index (χ1v) is 5.89. The van der Waals surface area contributed by atoms with E-state index in [0.29, 0.717) is 23.8 Å². The first-order chi connectivity index (χ1) is 8.66. The fraction of sp³-hybridized carbons (Fsp3) is 0.154. The van der Waals surface area contributed by atoms with Gasteiger partial charge in [-0.2, -0.15) is 0 Å². The summed E-state index contributed by atoms with van der Waals surface area (Å²) in [5.74, 6) is -0.371. The third-order valence-electron chi connectivity index (χ3n) is 2.50. The van der Waals surface area contributed by atoms with E-state index in [-0.39, 0.29) is 11.4 Å². The summed E-state index contributed by atoms with van der Waals surface area (Å²) in [6.45, 7) is 1.06. The van der Waals surface area contributed by atoms with Crippen molar-refractivity contribution in [3.8, 4) is 0 Å². The summed E-state index contributed by atoms with van der Waals surface area (Å²) in [6.07, 6.45) is 1.72. The lowest BCUT2D eigenvalue weighted by molar-refractivity contribution is 0.628. The van der Waals surface area contributed by atoms with E-state index in [1.165, 1.54) is 18.2 Å². The molecule has 1 heterocycles. The molecule has 0 unspecified atom stereocenters. The van der Waals surface area contributed by atoms with Crippen LogP contribution in [0.2, 0.25) is 5.02 Å². The molecule has 0 saturated heterocycles. The molecular formula is C13H12ClFN2O. The van der Waals surface area contributed by atoms with Gasteiger partial charge in [0.05, 0.1) is 10.7 Å². The molecule has 0 amide bonds. The van der Waals surface area contributed by atoms with Gasteiger partial charge in [-0.05, 0) is 24.3 Å². The maximum absolute atomic E-state index is 12.8. The minimum atomic E-state index is -0.371. The van der Waals surface area contributed by atoms with Crippen molar-refractivity contribution in [3.63, 3.8) is 0 Å². The highest BCUT2D eigenvalue weighted by atomic mass is 35.5. The molecule has 0 aliphatic rings. The largest absolute Gasteiger partial charge is 0.382 e. The summed E-state index contributed by atoms with van der Waals surface area (Å²) in [6, 6.07) is 9.16. The van der Waals surface area contributed by atoms with Crippen LogP contribution in [0.5, 0.6) is 0 Å². The van der Waals surface area contributed by atoms with Crippen LogP contribution in [0.3, 0.4) is 0 Å². The average molecular weight is 267 g/mol. The Bertz CT molecular complexity index is 598. The highest BCUT2D eigenvalue weighted by Crippen LogP contribution is 2.21. The number of halogens is 2. The maximum Gasteiger partial charge on any atom is 0.250 e. The van der Waals surface area contributed by atoms with E-state index in [1.54, 1.807) is 29.0 Å². The zero-order valence-corrected chi connectivity index (χ0v) is 10.3. The lowest BCUT2D eigenvalue weighted by atomic mass is 10.3. The van der Waals surface area contributed by atoms with Crippen LogP contribution >= 0.6 is 11.6 Å². The molecule has 0 saturated carbocycles. The number of hydrogen-bond acceptors (Lipinski definition) is 2. The zero-order valence-electron chi connectivity index (χ0n) is 9.57. The molecule has 2 rings (SSSR count). The summed E-state index contributed by atoms with van der Waals surface area (Å²) >= 11 is 5.87. The zero-order chi connectivity index (χ0) is 13.0. The normalized spacial score (nSPS) is 10.3. The fourth-order valence-corrected chi connectivity index (χ4v) is 1.82. The van der Waals surface area contributed by atoms with Gasteiger partial charge in [-0.25, -0.2) is 4.39 Å². The van der Waals surface area contributed by atoms with E-state index < -0.39 is 0 Å². The van der Waals surface area contributed by atoms with Crippen molar-refractivity contribution >= 4 is 17.3 Å². The quantitative estimate of drug-likeness (QED) is 0.923. The van der Waals surface area contributed by atoms with Crippen LogP contribution in [0.4, 0.5) is 10.1 Å². The Hall–Kier alpha value is -1.81. The molecule has 0 aliphatic carbocycles. The number of pyridine rings is 1. The van der Waals surface area contributed by atoms with Gasteiger partial charge in [-0.15, -0.1) is 0 Å². The molecule has 2 aromatic rings. The Morgan fingerprint density at radius 1 is 1.28 bits per heavy atom. The number of aromatic nitrogens is 1. The van der Waals surface area contributed by atoms with E-state index in [0.717, 1.165) is 0 Å². The van der Waals surface area contributed by atoms with Crippen molar-refractivity contribution in [2.45, 2.75) is 6.54 Å².